The van der Waals surface area contributed by atoms with E-state index in [1.165, 1.54) is 10.4 Å². The molecule has 0 aliphatic rings. The minimum atomic E-state index is 0.252. The molecule has 1 aromatic carbocycles. The quantitative estimate of drug-likeness (QED) is 0.565. The Morgan fingerprint density at radius 1 is 0.960 bits per heavy atom. The van der Waals surface area contributed by atoms with Crippen molar-refractivity contribution in [3.63, 3.8) is 0 Å². The van der Waals surface area contributed by atoms with Crippen LogP contribution in [-0.2, 0) is 6.54 Å². The highest BCUT2D eigenvalue weighted by molar-refractivity contribution is 5.56. The summed E-state index contributed by atoms with van der Waals surface area (Å²) in [5.74, 6) is 2.92. The normalized spacial score (nSPS) is 11.2. The fraction of sp³-hybridized carbons (Fsp3) is 0.235. The van der Waals surface area contributed by atoms with Gasteiger partial charge in [-0.05, 0) is 32.1 Å². The van der Waals surface area contributed by atoms with Gasteiger partial charge in [0.15, 0.2) is 0 Å². The lowest BCUT2D eigenvalue weighted by Gasteiger charge is -1.95. The molecule has 0 bridgehead atoms. The van der Waals surface area contributed by atoms with Gasteiger partial charge < -0.3 is 8.83 Å². The van der Waals surface area contributed by atoms with Gasteiger partial charge in [0.1, 0.15) is 18.1 Å². The van der Waals surface area contributed by atoms with E-state index in [1.54, 1.807) is 0 Å². The first kappa shape index (κ1) is 15.3. The second kappa shape index (κ2) is 5.97. The van der Waals surface area contributed by atoms with Gasteiger partial charge in [-0.3, -0.25) is 0 Å². The third-order valence-electron chi connectivity index (χ3n) is 3.78. The topological polar surface area (TPSA) is 95.7 Å². The summed E-state index contributed by atoms with van der Waals surface area (Å²) in [6.07, 6.45) is 0. The molecular weight excluding hydrogens is 320 g/mol. The van der Waals surface area contributed by atoms with E-state index < -0.39 is 0 Å². The predicted octanol–water partition coefficient (Wildman–Crippen LogP) is 2.96. The van der Waals surface area contributed by atoms with E-state index in [-0.39, 0.29) is 6.54 Å². The summed E-state index contributed by atoms with van der Waals surface area (Å²) in [5.41, 5.74) is 2.88. The first-order valence-corrected chi connectivity index (χ1v) is 7.83. The van der Waals surface area contributed by atoms with Crippen molar-refractivity contribution in [3.8, 4) is 22.8 Å². The Hall–Kier alpha value is -3.29. The van der Waals surface area contributed by atoms with Gasteiger partial charge in [0.25, 0.3) is 5.89 Å². The maximum atomic E-state index is 5.69. The zero-order chi connectivity index (χ0) is 17.4. The van der Waals surface area contributed by atoms with Crippen molar-refractivity contribution in [2.24, 2.45) is 0 Å². The highest BCUT2D eigenvalue weighted by atomic mass is 16.4. The molecule has 0 spiro atoms. The molecule has 4 rings (SSSR count). The first-order chi connectivity index (χ1) is 12.1. The molecule has 8 heteroatoms. The molecule has 4 aromatic rings. The molecule has 0 saturated heterocycles. The summed E-state index contributed by atoms with van der Waals surface area (Å²) in [6, 6.07) is 9.82. The number of hydrogen-bond donors (Lipinski definition) is 0. The molecule has 0 atom stereocenters. The lowest BCUT2D eigenvalue weighted by Crippen LogP contribution is -2.04. The van der Waals surface area contributed by atoms with E-state index in [0.717, 1.165) is 22.6 Å². The summed E-state index contributed by atoms with van der Waals surface area (Å²) in [6.45, 7) is 6.02. The Morgan fingerprint density at radius 2 is 1.76 bits per heavy atom. The van der Waals surface area contributed by atoms with Crippen LogP contribution < -0.4 is 0 Å². The molecular formula is C17H16N6O2. The lowest BCUT2D eigenvalue weighted by atomic mass is 10.1. The van der Waals surface area contributed by atoms with Crippen LogP contribution in [0.1, 0.15) is 23.0 Å². The number of hydrogen-bond acceptors (Lipinski definition) is 7. The van der Waals surface area contributed by atoms with Crippen LogP contribution in [0.25, 0.3) is 22.8 Å². The lowest BCUT2D eigenvalue weighted by molar-refractivity contribution is 0.445. The maximum Gasteiger partial charge on any atom is 0.251 e. The van der Waals surface area contributed by atoms with Gasteiger partial charge >= 0.3 is 0 Å². The van der Waals surface area contributed by atoms with Gasteiger partial charge in [0.05, 0.1) is 5.56 Å². The number of rotatable bonds is 4. The van der Waals surface area contributed by atoms with Crippen LogP contribution in [0.4, 0.5) is 0 Å². The van der Waals surface area contributed by atoms with Crippen molar-refractivity contribution in [1.82, 2.24) is 30.4 Å². The maximum absolute atomic E-state index is 5.69. The molecule has 126 valence electrons. The number of benzene rings is 1. The molecule has 3 aromatic heterocycles. The molecule has 0 amide bonds. The summed E-state index contributed by atoms with van der Waals surface area (Å²) in [4.78, 5) is 1.43. The van der Waals surface area contributed by atoms with Crippen LogP contribution in [0, 0.1) is 20.8 Å². The van der Waals surface area contributed by atoms with Gasteiger partial charge in [-0.2, -0.15) is 4.80 Å². The zero-order valence-corrected chi connectivity index (χ0v) is 14.1. The summed E-state index contributed by atoms with van der Waals surface area (Å²) in [7, 11) is 0. The smallest absolute Gasteiger partial charge is 0.251 e. The van der Waals surface area contributed by atoms with Crippen LogP contribution in [0.2, 0.25) is 0 Å². The van der Waals surface area contributed by atoms with Crippen molar-refractivity contribution >= 4 is 0 Å². The average Bonchev–Trinajstić information content (AvgIpc) is 3.29. The molecule has 0 aliphatic heterocycles. The van der Waals surface area contributed by atoms with E-state index in [4.69, 9.17) is 8.83 Å². The highest BCUT2D eigenvalue weighted by Crippen LogP contribution is 2.25. The molecule has 0 N–H and O–H groups in total. The van der Waals surface area contributed by atoms with E-state index in [0.29, 0.717) is 17.6 Å². The second-order valence-electron chi connectivity index (χ2n) is 5.84. The Labute approximate surface area is 143 Å². The minimum absolute atomic E-state index is 0.252. The van der Waals surface area contributed by atoms with Crippen LogP contribution in [-0.4, -0.2) is 30.4 Å². The predicted molar refractivity (Wildman–Crippen MR) is 88.6 cm³/mol. The third kappa shape index (κ3) is 3.06. The van der Waals surface area contributed by atoms with Crippen LogP contribution >= 0.6 is 0 Å². The van der Waals surface area contributed by atoms with Crippen LogP contribution in [0.3, 0.4) is 0 Å². The Kier molecular flexibility index (Phi) is 3.64. The molecule has 0 unspecified atom stereocenters. The summed E-state index contributed by atoms with van der Waals surface area (Å²) in [5, 5.41) is 20.6. The summed E-state index contributed by atoms with van der Waals surface area (Å²) >= 11 is 0. The average molecular weight is 336 g/mol. The largest absolute Gasteiger partial charge is 0.466 e. The van der Waals surface area contributed by atoms with Gasteiger partial charge in [-0.15, -0.1) is 20.4 Å². The zero-order valence-electron chi connectivity index (χ0n) is 14.1. The highest BCUT2D eigenvalue weighted by Gasteiger charge is 2.16. The number of aryl methyl sites for hydroxylation is 3. The number of aromatic nitrogens is 6. The van der Waals surface area contributed by atoms with Gasteiger partial charge in [-0.25, -0.2) is 0 Å². The second-order valence-corrected chi connectivity index (χ2v) is 5.84. The fourth-order valence-electron chi connectivity index (χ4n) is 2.52. The van der Waals surface area contributed by atoms with Crippen molar-refractivity contribution in [1.29, 1.82) is 0 Å². The number of tetrazole rings is 1. The molecule has 0 aliphatic carbocycles. The van der Waals surface area contributed by atoms with Crippen LogP contribution in [0.15, 0.2) is 39.2 Å². The van der Waals surface area contributed by atoms with Crippen LogP contribution in [0.5, 0.6) is 0 Å². The Bertz CT molecular complexity index is 1010. The minimum Gasteiger partial charge on any atom is -0.466 e. The summed E-state index contributed by atoms with van der Waals surface area (Å²) < 4.78 is 11.2. The van der Waals surface area contributed by atoms with E-state index in [1.807, 2.05) is 51.1 Å². The first-order valence-electron chi connectivity index (χ1n) is 7.83. The molecule has 0 radical (unpaired) electrons. The van der Waals surface area contributed by atoms with Gasteiger partial charge in [-0.1, -0.05) is 29.8 Å². The third-order valence-corrected chi connectivity index (χ3v) is 3.78. The van der Waals surface area contributed by atoms with Crippen molar-refractivity contribution in [2.75, 3.05) is 0 Å². The van der Waals surface area contributed by atoms with Gasteiger partial charge in [0.2, 0.25) is 11.7 Å². The monoisotopic (exact) mass is 336 g/mol. The van der Waals surface area contributed by atoms with E-state index >= 15 is 0 Å². The SMILES string of the molecule is Cc1ccc(-c2nnn(Cc3nnc(-c4cc(C)oc4C)o3)n2)cc1. The van der Waals surface area contributed by atoms with E-state index in [9.17, 15) is 0 Å². The van der Waals surface area contributed by atoms with Crippen molar-refractivity contribution in [3.05, 3.63) is 53.3 Å². The van der Waals surface area contributed by atoms with Crippen molar-refractivity contribution in [2.45, 2.75) is 27.3 Å². The fourth-order valence-corrected chi connectivity index (χ4v) is 2.52. The molecule has 0 saturated carbocycles. The molecule has 25 heavy (non-hydrogen) atoms. The molecule has 3 heterocycles. The molecule has 8 nitrogen and oxygen atoms in total. The molecule has 0 fully saturated rings. The van der Waals surface area contributed by atoms with E-state index in [2.05, 4.69) is 25.6 Å². The number of furan rings is 1. The van der Waals surface area contributed by atoms with Crippen molar-refractivity contribution < 1.29 is 8.83 Å². The Balaban J connectivity index is 1.53. The standard InChI is InChI=1S/C17H16N6O2/c1-10-4-6-13(7-5-10)16-19-22-23(21-16)9-15-18-20-17(25-15)14-8-11(2)24-12(14)3/h4-8H,9H2,1-3H3. The Morgan fingerprint density at radius 3 is 2.48 bits per heavy atom. The van der Waals surface area contributed by atoms with Gasteiger partial charge in [0, 0.05) is 5.56 Å². The number of nitrogens with zero attached hydrogens (tertiary/aromatic N) is 6.